The van der Waals surface area contributed by atoms with Gasteiger partial charge in [0.15, 0.2) is 5.78 Å². The molecule has 2 fully saturated rings. The molecule has 0 N–H and O–H groups in total. The van der Waals surface area contributed by atoms with Gasteiger partial charge < -0.3 is 9.47 Å². The summed E-state index contributed by atoms with van der Waals surface area (Å²) in [5, 5.41) is 0. The second-order valence-corrected chi connectivity index (χ2v) is 4.31. The number of ketones is 1. The van der Waals surface area contributed by atoms with Crippen molar-refractivity contribution in [1.82, 2.24) is 0 Å². The van der Waals surface area contributed by atoms with Gasteiger partial charge in [-0.05, 0) is 12.5 Å². The number of hydrogen-bond acceptors (Lipinski definition) is 3. The van der Waals surface area contributed by atoms with E-state index in [0.29, 0.717) is 19.0 Å². The van der Waals surface area contributed by atoms with Gasteiger partial charge in [0.2, 0.25) is 0 Å². The van der Waals surface area contributed by atoms with E-state index in [1.807, 2.05) is 18.2 Å². The van der Waals surface area contributed by atoms with Crippen molar-refractivity contribution in [3.8, 4) is 0 Å². The molecule has 3 nitrogen and oxygen atoms in total. The summed E-state index contributed by atoms with van der Waals surface area (Å²) in [4.78, 5) is 12.2. The molecule has 2 heterocycles. The second kappa shape index (κ2) is 3.49. The van der Waals surface area contributed by atoms with Crippen molar-refractivity contribution in [3.63, 3.8) is 0 Å². The van der Waals surface area contributed by atoms with Crippen molar-refractivity contribution < 1.29 is 14.3 Å². The zero-order valence-corrected chi connectivity index (χ0v) is 8.52. The molecule has 0 aromatic carbocycles. The summed E-state index contributed by atoms with van der Waals surface area (Å²) in [6.45, 7) is 1.25. The Hall–Kier alpha value is -1.09. The van der Waals surface area contributed by atoms with Gasteiger partial charge in [-0.25, -0.2) is 0 Å². The minimum Gasteiger partial charge on any atom is -0.493 e. The van der Waals surface area contributed by atoms with E-state index in [9.17, 15) is 4.79 Å². The van der Waals surface area contributed by atoms with Crippen LogP contribution in [0.3, 0.4) is 0 Å². The van der Waals surface area contributed by atoms with Crippen molar-refractivity contribution in [2.24, 2.45) is 11.8 Å². The third kappa shape index (κ3) is 1.42. The van der Waals surface area contributed by atoms with Crippen LogP contribution >= 0.6 is 0 Å². The molecule has 0 spiro atoms. The number of carbonyl (C=O) groups excluding carboxylic acids is 1. The minimum absolute atomic E-state index is 0.0348. The Kier molecular flexibility index (Phi) is 2.13. The van der Waals surface area contributed by atoms with Crippen molar-refractivity contribution in [2.45, 2.75) is 18.9 Å². The molecule has 3 unspecified atom stereocenters. The maximum Gasteiger partial charge on any atom is 0.152 e. The normalized spacial score (nSPS) is 38.8. The molecule has 0 radical (unpaired) electrons. The van der Waals surface area contributed by atoms with Crippen LogP contribution in [0.4, 0.5) is 0 Å². The van der Waals surface area contributed by atoms with Gasteiger partial charge in [0.1, 0.15) is 11.9 Å². The van der Waals surface area contributed by atoms with Crippen LogP contribution in [-0.4, -0.2) is 25.1 Å². The van der Waals surface area contributed by atoms with E-state index in [1.165, 1.54) is 0 Å². The lowest BCUT2D eigenvalue weighted by Gasteiger charge is -2.40. The monoisotopic (exact) mass is 206 g/mol. The lowest BCUT2D eigenvalue weighted by atomic mass is 9.80. The van der Waals surface area contributed by atoms with Crippen LogP contribution in [0.2, 0.25) is 0 Å². The van der Waals surface area contributed by atoms with Crippen molar-refractivity contribution in [2.75, 3.05) is 13.2 Å². The number of ether oxygens (including phenoxy) is 2. The topological polar surface area (TPSA) is 35.5 Å². The van der Waals surface area contributed by atoms with E-state index in [0.717, 1.165) is 18.6 Å². The average molecular weight is 206 g/mol. The first-order chi connectivity index (χ1) is 7.36. The standard InChI is InChI=1S/C12H14O3/c13-12-8-3-1-2-4-10(8)15-11-5-6-14-7-9(11)12/h1-2,4,8-9,11H,3,5-7H2. The number of Topliss-reactive ketones (excluding diaryl/α,β-unsaturated/α-hetero) is 1. The zero-order valence-electron chi connectivity index (χ0n) is 8.52. The van der Waals surface area contributed by atoms with Crippen LogP contribution < -0.4 is 0 Å². The molecule has 0 amide bonds. The van der Waals surface area contributed by atoms with Crippen molar-refractivity contribution in [3.05, 3.63) is 24.0 Å². The van der Waals surface area contributed by atoms with Gasteiger partial charge in [-0.2, -0.15) is 0 Å². The molecule has 3 rings (SSSR count). The SMILES string of the molecule is O=C1C2CC=CC=C2OC2CCOCC12. The van der Waals surface area contributed by atoms with Crippen LogP contribution in [0.25, 0.3) is 0 Å². The summed E-state index contributed by atoms with van der Waals surface area (Å²) >= 11 is 0. The maximum absolute atomic E-state index is 12.2. The Bertz CT molecular complexity index is 343. The number of hydrogen-bond donors (Lipinski definition) is 0. The molecule has 2 aliphatic heterocycles. The molecule has 0 aromatic rings. The molecule has 15 heavy (non-hydrogen) atoms. The van der Waals surface area contributed by atoms with Crippen LogP contribution in [0, 0.1) is 11.8 Å². The zero-order chi connectivity index (χ0) is 10.3. The average Bonchev–Trinajstić information content (AvgIpc) is 2.30. The fourth-order valence-corrected chi connectivity index (χ4v) is 2.55. The van der Waals surface area contributed by atoms with Gasteiger partial charge in [0.25, 0.3) is 0 Å². The molecule has 3 heteroatoms. The van der Waals surface area contributed by atoms with Gasteiger partial charge in [-0.1, -0.05) is 12.2 Å². The van der Waals surface area contributed by atoms with Crippen LogP contribution in [0.15, 0.2) is 24.0 Å². The Balaban J connectivity index is 1.89. The van der Waals surface area contributed by atoms with Crippen LogP contribution in [0.5, 0.6) is 0 Å². The molecular weight excluding hydrogens is 192 g/mol. The molecule has 0 aromatic heterocycles. The largest absolute Gasteiger partial charge is 0.493 e. The summed E-state index contributed by atoms with van der Waals surface area (Å²) in [5.74, 6) is 1.09. The van der Waals surface area contributed by atoms with Crippen LogP contribution in [0.1, 0.15) is 12.8 Å². The fourth-order valence-electron chi connectivity index (χ4n) is 2.55. The van der Waals surface area contributed by atoms with E-state index >= 15 is 0 Å². The summed E-state index contributed by atoms with van der Waals surface area (Å²) in [6.07, 6.45) is 7.61. The highest BCUT2D eigenvalue weighted by molar-refractivity contribution is 5.87. The smallest absolute Gasteiger partial charge is 0.152 e. The predicted molar refractivity (Wildman–Crippen MR) is 54.1 cm³/mol. The van der Waals surface area contributed by atoms with Gasteiger partial charge in [0.05, 0.1) is 25.0 Å². The number of allylic oxidation sites excluding steroid dienone is 4. The summed E-state index contributed by atoms with van der Waals surface area (Å²) in [5.41, 5.74) is 0. The fraction of sp³-hybridized carbons (Fsp3) is 0.583. The van der Waals surface area contributed by atoms with Crippen LogP contribution in [-0.2, 0) is 14.3 Å². The molecule has 2 saturated heterocycles. The molecular formula is C12H14O3. The highest BCUT2D eigenvalue weighted by Gasteiger charge is 2.43. The third-order valence-corrected chi connectivity index (χ3v) is 3.40. The maximum atomic E-state index is 12.2. The highest BCUT2D eigenvalue weighted by Crippen LogP contribution is 2.36. The number of fused-ring (bicyclic) bond motifs is 2. The Morgan fingerprint density at radius 1 is 1.40 bits per heavy atom. The summed E-state index contributed by atoms with van der Waals surface area (Å²) < 4.78 is 11.2. The minimum atomic E-state index is -0.0436. The Labute approximate surface area is 88.7 Å². The van der Waals surface area contributed by atoms with Crippen molar-refractivity contribution >= 4 is 5.78 Å². The van der Waals surface area contributed by atoms with E-state index in [1.54, 1.807) is 0 Å². The lowest BCUT2D eigenvalue weighted by molar-refractivity contribution is -0.149. The molecule has 1 aliphatic carbocycles. The third-order valence-electron chi connectivity index (χ3n) is 3.40. The first-order valence-corrected chi connectivity index (χ1v) is 5.51. The van der Waals surface area contributed by atoms with Gasteiger partial charge in [0, 0.05) is 6.42 Å². The number of rotatable bonds is 0. The van der Waals surface area contributed by atoms with E-state index in [-0.39, 0.29) is 17.9 Å². The van der Waals surface area contributed by atoms with Gasteiger partial charge in [-0.3, -0.25) is 4.79 Å². The molecule has 0 saturated carbocycles. The number of carbonyl (C=O) groups is 1. The molecule has 3 aliphatic rings. The Morgan fingerprint density at radius 3 is 3.27 bits per heavy atom. The summed E-state index contributed by atoms with van der Waals surface area (Å²) in [7, 11) is 0. The molecule has 3 atom stereocenters. The lowest BCUT2D eigenvalue weighted by Crippen LogP contribution is -2.47. The van der Waals surface area contributed by atoms with E-state index in [2.05, 4.69) is 0 Å². The van der Waals surface area contributed by atoms with Gasteiger partial charge in [-0.15, -0.1) is 0 Å². The van der Waals surface area contributed by atoms with Gasteiger partial charge >= 0.3 is 0 Å². The molecule has 0 bridgehead atoms. The van der Waals surface area contributed by atoms with Crippen molar-refractivity contribution in [1.29, 1.82) is 0 Å². The quantitative estimate of drug-likeness (QED) is 0.601. The molecule has 80 valence electrons. The summed E-state index contributed by atoms with van der Waals surface area (Å²) in [6, 6.07) is 0. The predicted octanol–water partition coefficient (Wildman–Crippen LogP) is 1.45. The Morgan fingerprint density at radius 2 is 2.33 bits per heavy atom. The highest BCUT2D eigenvalue weighted by atomic mass is 16.5. The van der Waals surface area contributed by atoms with E-state index in [4.69, 9.17) is 9.47 Å². The first-order valence-electron chi connectivity index (χ1n) is 5.51. The second-order valence-electron chi connectivity index (χ2n) is 4.31. The first kappa shape index (κ1) is 9.16. The van der Waals surface area contributed by atoms with E-state index < -0.39 is 0 Å².